The predicted molar refractivity (Wildman–Crippen MR) is 115 cm³/mol. The molecule has 0 radical (unpaired) electrons. The average molecular weight is 384 g/mol. The summed E-state index contributed by atoms with van der Waals surface area (Å²) in [6, 6.07) is 9.53. The molecule has 0 spiro atoms. The highest BCUT2D eigenvalue weighted by Gasteiger charge is 2.35. The number of hydrogen-bond acceptors (Lipinski definition) is 3. The molecule has 1 N–H and O–H groups in total. The Hall–Kier alpha value is -1.16. The van der Waals surface area contributed by atoms with Crippen molar-refractivity contribution in [1.82, 2.24) is 4.90 Å². The van der Waals surface area contributed by atoms with E-state index in [1.807, 2.05) is 0 Å². The number of benzene rings is 1. The zero-order chi connectivity index (χ0) is 19.6. The number of nitrogens with zero attached hydrogens (tertiary/aromatic N) is 1. The summed E-state index contributed by atoms with van der Waals surface area (Å²) in [7, 11) is 0. The Balaban J connectivity index is 1.32. The lowest BCUT2D eigenvalue weighted by molar-refractivity contribution is -0.0752. The van der Waals surface area contributed by atoms with E-state index in [0.717, 1.165) is 37.3 Å². The third-order valence-corrected chi connectivity index (χ3v) is 7.07. The lowest BCUT2D eigenvalue weighted by Gasteiger charge is -2.40. The molecular formula is C25H37NO2. The quantitative estimate of drug-likeness (QED) is 0.751. The monoisotopic (exact) mass is 383 g/mol. The Bertz CT molecular complexity index is 656. The van der Waals surface area contributed by atoms with E-state index < -0.39 is 5.60 Å². The molecule has 0 atom stereocenters. The topological polar surface area (TPSA) is 32.7 Å². The molecule has 1 heterocycles. The largest absolute Gasteiger partial charge is 0.385 e. The molecule has 2 aliphatic carbocycles. The van der Waals surface area contributed by atoms with Crippen LogP contribution in [0, 0.1) is 0 Å². The number of rotatable bonds is 5. The Kier molecular flexibility index (Phi) is 6.24. The van der Waals surface area contributed by atoms with Crippen LogP contribution < -0.4 is 0 Å². The third-order valence-electron chi connectivity index (χ3n) is 7.07. The first kappa shape index (κ1) is 20.1. The second-order valence-electron chi connectivity index (χ2n) is 9.46. The van der Waals surface area contributed by atoms with Crippen molar-refractivity contribution in [3.63, 3.8) is 0 Å². The van der Waals surface area contributed by atoms with Gasteiger partial charge in [0.15, 0.2) is 0 Å². The molecule has 0 aromatic heterocycles. The molecule has 2 saturated carbocycles. The summed E-state index contributed by atoms with van der Waals surface area (Å²) in [6.45, 7) is 6.64. The molecule has 4 rings (SSSR count). The smallest absolute Gasteiger partial charge is 0.0898 e. The lowest BCUT2D eigenvalue weighted by Crippen LogP contribution is -2.43. The van der Waals surface area contributed by atoms with Crippen molar-refractivity contribution in [3.05, 3.63) is 41.0 Å². The first-order valence-electron chi connectivity index (χ1n) is 11.4. The normalized spacial score (nSPS) is 29.7. The van der Waals surface area contributed by atoms with Crippen LogP contribution in [0.25, 0.3) is 6.08 Å². The van der Waals surface area contributed by atoms with Gasteiger partial charge in [0, 0.05) is 19.1 Å². The van der Waals surface area contributed by atoms with E-state index in [2.05, 4.69) is 49.1 Å². The SMILES string of the molecule is CC(C)OC1CCC(O)(c2ccc(C=C3CCN(C4CCC4)CC3)cc2)CC1. The van der Waals surface area contributed by atoms with Crippen molar-refractivity contribution in [1.29, 1.82) is 0 Å². The van der Waals surface area contributed by atoms with Crippen LogP contribution in [-0.2, 0) is 10.3 Å². The van der Waals surface area contributed by atoms with Crippen molar-refractivity contribution in [2.24, 2.45) is 0 Å². The first-order valence-corrected chi connectivity index (χ1v) is 11.4. The van der Waals surface area contributed by atoms with Crippen LogP contribution in [0.15, 0.2) is 29.8 Å². The Labute approximate surface area is 170 Å². The van der Waals surface area contributed by atoms with Gasteiger partial charge in [-0.3, -0.25) is 4.90 Å². The van der Waals surface area contributed by atoms with Gasteiger partial charge in [0.2, 0.25) is 0 Å². The summed E-state index contributed by atoms with van der Waals surface area (Å²) in [4.78, 5) is 2.69. The van der Waals surface area contributed by atoms with Crippen molar-refractivity contribution in [3.8, 4) is 0 Å². The minimum Gasteiger partial charge on any atom is -0.385 e. The Morgan fingerprint density at radius 1 is 1.04 bits per heavy atom. The average Bonchev–Trinajstić information content (AvgIpc) is 2.64. The molecule has 1 saturated heterocycles. The molecule has 3 nitrogen and oxygen atoms in total. The van der Waals surface area contributed by atoms with E-state index >= 15 is 0 Å². The van der Waals surface area contributed by atoms with Crippen LogP contribution in [0.5, 0.6) is 0 Å². The van der Waals surface area contributed by atoms with E-state index in [1.54, 1.807) is 5.57 Å². The van der Waals surface area contributed by atoms with Crippen LogP contribution in [0.1, 0.15) is 82.8 Å². The van der Waals surface area contributed by atoms with Crippen molar-refractivity contribution in [2.45, 2.75) is 95.5 Å². The van der Waals surface area contributed by atoms with Gasteiger partial charge >= 0.3 is 0 Å². The number of likely N-dealkylation sites (tertiary alicyclic amines) is 1. The van der Waals surface area contributed by atoms with Crippen molar-refractivity contribution in [2.75, 3.05) is 13.1 Å². The maximum Gasteiger partial charge on any atom is 0.0898 e. The number of ether oxygens (including phenoxy) is 1. The highest BCUT2D eigenvalue weighted by Crippen LogP contribution is 2.38. The molecule has 0 unspecified atom stereocenters. The molecule has 3 aliphatic rings. The van der Waals surface area contributed by atoms with Gasteiger partial charge in [-0.05, 0) is 76.3 Å². The molecule has 1 aromatic carbocycles. The van der Waals surface area contributed by atoms with Crippen molar-refractivity contribution < 1.29 is 9.84 Å². The fourth-order valence-electron chi connectivity index (χ4n) is 5.08. The number of hydrogen-bond donors (Lipinski definition) is 1. The lowest BCUT2D eigenvalue weighted by atomic mass is 9.78. The van der Waals surface area contributed by atoms with Gasteiger partial charge in [-0.1, -0.05) is 42.3 Å². The summed E-state index contributed by atoms with van der Waals surface area (Å²) in [5, 5.41) is 11.1. The van der Waals surface area contributed by atoms with Gasteiger partial charge in [0.05, 0.1) is 17.8 Å². The number of piperidine rings is 1. The molecule has 0 bridgehead atoms. The van der Waals surface area contributed by atoms with Crippen LogP contribution in [0.3, 0.4) is 0 Å². The summed E-state index contributed by atoms with van der Waals surface area (Å²) >= 11 is 0. The zero-order valence-corrected chi connectivity index (χ0v) is 17.7. The highest BCUT2D eigenvalue weighted by atomic mass is 16.5. The highest BCUT2D eigenvalue weighted by molar-refractivity contribution is 5.54. The fraction of sp³-hybridized carbons (Fsp3) is 0.680. The van der Waals surface area contributed by atoms with Gasteiger partial charge in [0.25, 0.3) is 0 Å². The van der Waals surface area contributed by atoms with E-state index in [9.17, 15) is 5.11 Å². The van der Waals surface area contributed by atoms with E-state index in [1.165, 1.54) is 50.8 Å². The maximum absolute atomic E-state index is 11.1. The third kappa shape index (κ3) is 4.69. The molecule has 1 aromatic rings. The summed E-state index contributed by atoms with van der Waals surface area (Å²) in [5.74, 6) is 0. The zero-order valence-electron chi connectivity index (χ0n) is 17.7. The standard InChI is InChI=1S/C25H37NO2/c1-19(2)28-24-10-14-25(27,15-11-24)22-8-6-20(7-9-22)18-21-12-16-26(17-13-21)23-4-3-5-23/h6-9,18-19,23-24,27H,3-5,10-17H2,1-2H3. The van der Waals surface area contributed by atoms with Crippen LogP contribution >= 0.6 is 0 Å². The molecular weight excluding hydrogens is 346 g/mol. The molecule has 154 valence electrons. The van der Waals surface area contributed by atoms with E-state index in [4.69, 9.17) is 4.74 Å². The van der Waals surface area contributed by atoms with Gasteiger partial charge in [-0.2, -0.15) is 0 Å². The fourth-order valence-corrected chi connectivity index (χ4v) is 5.08. The molecule has 3 fully saturated rings. The minimum atomic E-state index is -0.684. The van der Waals surface area contributed by atoms with Crippen LogP contribution in [0.2, 0.25) is 0 Å². The van der Waals surface area contributed by atoms with Gasteiger partial charge in [-0.15, -0.1) is 0 Å². The Morgan fingerprint density at radius 2 is 1.68 bits per heavy atom. The Morgan fingerprint density at radius 3 is 2.21 bits per heavy atom. The molecule has 28 heavy (non-hydrogen) atoms. The van der Waals surface area contributed by atoms with Gasteiger partial charge in [0.1, 0.15) is 0 Å². The first-order chi connectivity index (χ1) is 13.5. The van der Waals surface area contributed by atoms with E-state index in [-0.39, 0.29) is 6.10 Å². The maximum atomic E-state index is 11.1. The number of aliphatic hydroxyl groups is 1. The second-order valence-corrected chi connectivity index (χ2v) is 9.46. The molecule has 1 aliphatic heterocycles. The van der Waals surface area contributed by atoms with Crippen molar-refractivity contribution >= 4 is 6.08 Å². The van der Waals surface area contributed by atoms with Crippen LogP contribution in [0.4, 0.5) is 0 Å². The van der Waals surface area contributed by atoms with Crippen LogP contribution in [-0.4, -0.2) is 41.3 Å². The molecule has 3 heteroatoms. The van der Waals surface area contributed by atoms with Gasteiger partial charge in [-0.25, -0.2) is 0 Å². The summed E-state index contributed by atoms with van der Waals surface area (Å²) < 4.78 is 5.93. The second kappa shape index (κ2) is 8.69. The predicted octanol–water partition coefficient (Wildman–Crippen LogP) is 5.27. The van der Waals surface area contributed by atoms with Gasteiger partial charge < -0.3 is 9.84 Å². The molecule has 0 amide bonds. The van der Waals surface area contributed by atoms with E-state index in [0.29, 0.717) is 6.10 Å². The summed E-state index contributed by atoms with van der Waals surface area (Å²) in [5.41, 5.74) is 3.23. The minimum absolute atomic E-state index is 0.268. The summed E-state index contributed by atoms with van der Waals surface area (Å²) in [6.07, 6.45) is 13.1.